The van der Waals surface area contributed by atoms with Crippen LogP contribution < -0.4 is 15.9 Å². The summed E-state index contributed by atoms with van der Waals surface area (Å²) in [6.45, 7) is -0.0631. The van der Waals surface area contributed by atoms with E-state index in [1.165, 1.54) is 16.8 Å². The predicted octanol–water partition coefficient (Wildman–Crippen LogP) is 2.44. The molecule has 0 aliphatic heterocycles. The van der Waals surface area contributed by atoms with Gasteiger partial charge in [-0.1, -0.05) is 54.2 Å². The van der Waals surface area contributed by atoms with Gasteiger partial charge in [0.1, 0.15) is 18.5 Å². The molecule has 9 nitrogen and oxygen atoms in total. The fourth-order valence-electron chi connectivity index (χ4n) is 3.14. The number of halogens is 1. The Kier molecular flexibility index (Phi) is 6.89. The summed E-state index contributed by atoms with van der Waals surface area (Å²) in [7, 11) is 1.88. The van der Waals surface area contributed by atoms with Gasteiger partial charge < -0.3 is 20.5 Å². The van der Waals surface area contributed by atoms with E-state index >= 15 is 0 Å². The molecule has 170 valence electrons. The number of nitrogens with two attached hydrogens (primary N) is 1. The number of nitrogens with zero attached hydrogens (tertiary/aromatic N) is 5. The zero-order valence-corrected chi connectivity index (χ0v) is 18.6. The maximum absolute atomic E-state index is 13.7. The summed E-state index contributed by atoms with van der Waals surface area (Å²) in [5.41, 5.74) is 0.916. The molecule has 11 heteroatoms. The van der Waals surface area contributed by atoms with Crippen LogP contribution in [0.4, 0.5) is 4.39 Å². The van der Waals surface area contributed by atoms with E-state index < -0.39 is 11.9 Å². The van der Waals surface area contributed by atoms with E-state index in [0.29, 0.717) is 16.8 Å². The Morgan fingerprint density at radius 2 is 1.94 bits per heavy atom. The Morgan fingerprint density at radius 3 is 2.67 bits per heavy atom. The van der Waals surface area contributed by atoms with E-state index in [4.69, 9.17) is 10.6 Å². The van der Waals surface area contributed by atoms with Crippen molar-refractivity contribution in [2.45, 2.75) is 17.8 Å². The number of carbonyl (C=O) groups excluding carboxylic acids is 1. The first-order valence-electron chi connectivity index (χ1n) is 10.0. The molecule has 4 rings (SSSR count). The van der Waals surface area contributed by atoms with Crippen LogP contribution in [0.2, 0.25) is 0 Å². The van der Waals surface area contributed by atoms with E-state index in [1.54, 1.807) is 18.3 Å². The van der Waals surface area contributed by atoms with Crippen molar-refractivity contribution in [1.29, 1.82) is 0 Å². The smallest absolute Gasteiger partial charge is 0.231 e. The highest BCUT2D eigenvalue weighted by molar-refractivity contribution is 7.99. The number of imidazole rings is 1. The Bertz CT molecular complexity index is 1230. The van der Waals surface area contributed by atoms with Crippen molar-refractivity contribution in [2.24, 2.45) is 7.05 Å². The zero-order valence-electron chi connectivity index (χ0n) is 17.8. The maximum atomic E-state index is 13.7. The van der Waals surface area contributed by atoms with E-state index in [0.717, 1.165) is 17.3 Å². The molecule has 4 aromatic rings. The summed E-state index contributed by atoms with van der Waals surface area (Å²) in [5, 5.41) is 11.3. The molecule has 0 radical (unpaired) electrons. The molecule has 0 bridgehead atoms. The second kappa shape index (κ2) is 10.2. The molecule has 0 aliphatic rings. The Hall–Kier alpha value is -3.86. The molecule has 1 amide bonds. The minimum Gasteiger partial charge on any atom is -0.482 e. The number of rotatable bonds is 9. The average molecular weight is 468 g/mol. The van der Waals surface area contributed by atoms with Gasteiger partial charge in [-0.05, 0) is 17.7 Å². The van der Waals surface area contributed by atoms with E-state index in [2.05, 4.69) is 20.5 Å². The SMILES string of the molecule is Cn1ccnc1[C@@H](NC(=O)CSc1nnc(COc2ccccc2F)n1N)c1ccccc1. The lowest BCUT2D eigenvalue weighted by atomic mass is 10.1. The van der Waals surface area contributed by atoms with Crippen LogP contribution in [0.1, 0.15) is 23.3 Å². The largest absolute Gasteiger partial charge is 0.482 e. The molecule has 33 heavy (non-hydrogen) atoms. The summed E-state index contributed by atoms with van der Waals surface area (Å²) < 4.78 is 22.2. The van der Waals surface area contributed by atoms with Gasteiger partial charge in [0, 0.05) is 19.4 Å². The molecule has 0 spiro atoms. The van der Waals surface area contributed by atoms with Crippen LogP contribution in [0, 0.1) is 5.82 Å². The number of para-hydroxylation sites is 1. The van der Waals surface area contributed by atoms with Crippen LogP contribution in [-0.2, 0) is 18.4 Å². The molecule has 2 aromatic carbocycles. The van der Waals surface area contributed by atoms with E-state index in [1.807, 2.05) is 48.1 Å². The molecule has 0 saturated carbocycles. The molecule has 2 aromatic heterocycles. The van der Waals surface area contributed by atoms with Gasteiger partial charge in [-0.2, -0.15) is 0 Å². The minimum atomic E-state index is -0.479. The first-order valence-corrected chi connectivity index (χ1v) is 11.0. The van der Waals surface area contributed by atoms with Gasteiger partial charge in [0.2, 0.25) is 11.1 Å². The molecule has 0 fully saturated rings. The van der Waals surface area contributed by atoms with Crippen molar-refractivity contribution < 1.29 is 13.9 Å². The lowest BCUT2D eigenvalue weighted by Crippen LogP contribution is -2.32. The third-order valence-corrected chi connectivity index (χ3v) is 5.76. The number of thioether (sulfide) groups is 1. The highest BCUT2D eigenvalue weighted by Gasteiger charge is 2.21. The summed E-state index contributed by atoms with van der Waals surface area (Å²) >= 11 is 1.13. The zero-order chi connectivity index (χ0) is 23.2. The van der Waals surface area contributed by atoms with Gasteiger partial charge in [-0.25, -0.2) is 14.1 Å². The van der Waals surface area contributed by atoms with Crippen molar-refractivity contribution in [3.63, 3.8) is 0 Å². The number of nitrogen functional groups attached to an aromatic ring is 1. The van der Waals surface area contributed by atoms with Crippen molar-refractivity contribution in [2.75, 3.05) is 11.6 Å². The van der Waals surface area contributed by atoms with Crippen molar-refractivity contribution in [1.82, 2.24) is 29.7 Å². The summed E-state index contributed by atoms with van der Waals surface area (Å²) in [4.78, 5) is 17.1. The first-order chi connectivity index (χ1) is 16.0. The fraction of sp³-hybridized carbons (Fsp3) is 0.182. The number of hydrogen-bond acceptors (Lipinski definition) is 7. The third kappa shape index (κ3) is 5.32. The quantitative estimate of drug-likeness (QED) is 0.287. The highest BCUT2D eigenvalue weighted by Crippen LogP contribution is 2.22. The van der Waals surface area contributed by atoms with E-state index in [-0.39, 0.29) is 24.0 Å². The monoisotopic (exact) mass is 467 g/mol. The number of benzene rings is 2. The lowest BCUT2D eigenvalue weighted by molar-refractivity contribution is -0.119. The van der Waals surface area contributed by atoms with Crippen LogP contribution in [0.15, 0.2) is 72.1 Å². The molecule has 1 atom stereocenters. The molecule has 0 saturated heterocycles. The number of carbonyl (C=O) groups is 1. The number of amides is 1. The van der Waals surface area contributed by atoms with Crippen LogP contribution in [0.25, 0.3) is 0 Å². The van der Waals surface area contributed by atoms with Crippen LogP contribution in [0.3, 0.4) is 0 Å². The van der Waals surface area contributed by atoms with Gasteiger partial charge >= 0.3 is 0 Å². The normalized spacial score (nSPS) is 11.8. The Balaban J connectivity index is 1.38. The third-order valence-electron chi connectivity index (χ3n) is 4.82. The van der Waals surface area contributed by atoms with Crippen LogP contribution in [0.5, 0.6) is 5.75 Å². The summed E-state index contributed by atoms with van der Waals surface area (Å²) in [6.07, 6.45) is 3.52. The minimum absolute atomic E-state index is 0.0631. The van der Waals surface area contributed by atoms with Gasteiger partial charge in [0.25, 0.3) is 0 Å². The van der Waals surface area contributed by atoms with Crippen molar-refractivity contribution in [3.05, 3.63) is 90.0 Å². The number of nitrogens with one attached hydrogen (secondary N) is 1. The second-order valence-electron chi connectivity index (χ2n) is 7.08. The van der Waals surface area contributed by atoms with Crippen molar-refractivity contribution >= 4 is 17.7 Å². The number of ether oxygens (including phenoxy) is 1. The van der Waals surface area contributed by atoms with Crippen molar-refractivity contribution in [3.8, 4) is 5.75 Å². The number of aromatic nitrogens is 5. The highest BCUT2D eigenvalue weighted by atomic mass is 32.2. The molecule has 0 aliphatic carbocycles. The molecular weight excluding hydrogens is 445 g/mol. The molecular formula is C22H22FN7O2S. The Labute approximate surface area is 193 Å². The lowest BCUT2D eigenvalue weighted by Gasteiger charge is -2.19. The standard InChI is InChI=1S/C22H22FN7O2S/c1-29-12-11-25-21(29)20(15-7-3-2-4-8-15)26-19(31)14-33-22-28-27-18(30(22)24)13-32-17-10-6-5-9-16(17)23/h2-12,20H,13-14,24H2,1H3,(H,26,31)/t20-/m0/s1. The Morgan fingerprint density at radius 1 is 1.18 bits per heavy atom. The maximum Gasteiger partial charge on any atom is 0.231 e. The van der Waals surface area contributed by atoms with Gasteiger partial charge in [0.15, 0.2) is 17.4 Å². The number of aryl methyl sites for hydroxylation is 1. The van der Waals surface area contributed by atoms with E-state index in [9.17, 15) is 9.18 Å². The summed E-state index contributed by atoms with van der Waals surface area (Å²) in [6, 6.07) is 15.3. The van der Waals surface area contributed by atoms with Crippen LogP contribution >= 0.6 is 11.8 Å². The second-order valence-corrected chi connectivity index (χ2v) is 8.03. The summed E-state index contributed by atoms with van der Waals surface area (Å²) in [5.74, 6) is 6.51. The average Bonchev–Trinajstić information content (AvgIpc) is 3.41. The van der Waals surface area contributed by atoms with Gasteiger partial charge in [-0.3, -0.25) is 4.79 Å². The fourth-order valence-corrected chi connectivity index (χ4v) is 3.83. The predicted molar refractivity (Wildman–Crippen MR) is 121 cm³/mol. The first kappa shape index (κ1) is 22.3. The van der Waals surface area contributed by atoms with Crippen LogP contribution in [-0.4, -0.2) is 36.1 Å². The van der Waals surface area contributed by atoms with Gasteiger partial charge in [0.05, 0.1) is 5.75 Å². The topological polar surface area (TPSA) is 113 Å². The van der Waals surface area contributed by atoms with Gasteiger partial charge in [-0.15, -0.1) is 10.2 Å². The molecule has 3 N–H and O–H groups in total. The molecule has 0 unspecified atom stereocenters. The number of hydrogen-bond donors (Lipinski definition) is 2. The molecule has 2 heterocycles.